The summed E-state index contributed by atoms with van der Waals surface area (Å²) in [5.74, 6) is 0. The Morgan fingerprint density at radius 1 is 0.500 bits per heavy atom. The van der Waals surface area contributed by atoms with Gasteiger partial charge in [-0.05, 0) is 49.9 Å². The molecule has 2 aromatic carbocycles. The van der Waals surface area contributed by atoms with E-state index in [0.29, 0.717) is 0 Å². The third kappa shape index (κ3) is 3.28. The lowest BCUT2D eigenvalue weighted by Crippen LogP contribution is -1.94. The summed E-state index contributed by atoms with van der Waals surface area (Å²) in [6.45, 7) is 0. The Kier molecular flexibility index (Phi) is 4.20. The van der Waals surface area contributed by atoms with Crippen molar-refractivity contribution in [2.24, 2.45) is 0 Å². The molecule has 2 heterocycles. The van der Waals surface area contributed by atoms with Crippen LogP contribution >= 0.6 is 0 Å². The molecule has 0 aliphatic heterocycles. The van der Waals surface area contributed by atoms with Crippen LogP contribution in [0.5, 0.6) is 0 Å². The van der Waals surface area contributed by atoms with Gasteiger partial charge in [-0.1, -0.05) is 48.5 Å². The summed E-state index contributed by atoms with van der Waals surface area (Å²) in [6.07, 6.45) is 4.33. The zero-order valence-electron chi connectivity index (χ0n) is 13.7. The van der Waals surface area contributed by atoms with Crippen LogP contribution in [0, 0.1) is 0 Å². The lowest BCUT2D eigenvalue weighted by molar-refractivity contribution is 0.716. The number of aromatic nitrogens is 2. The van der Waals surface area contributed by atoms with Crippen LogP contribution in [0.2, 0.25) is 0 Å². The molecule has 0 N–H and O–H groups in total. The molecule has 0 atom stereocenters. The molecular weight excluding hydrogens is 292 g/mol. The quantitative estimate of drug-likeness (QED) is 0.464. The minimum Gasteiger partial charge on any atom is -0.253 e. The zero-order valence-corrected chi connectivity index (χ0v) is 13.7. The Hall–Kier alpha value is -2.74. The SMILES string of the molecule is c1ccc2nc(CCCCc3ccc4ccccc4n3)ccc2c1. The van der Waals surface area contributed by atoms with Crippen LogP contribution in [0.15, 0.2) is 72.8 Å². The molecule has 118 valence electrons. The number of aryl methyl sites for hydroxylation is 2. The highest BCUT2D eigenvalue weighted by atomic mass is 14.7. The molecular formula is C22H20N2. The predicted molar refractivity (Wildman–Crippen MR) is 100 cm³/mol. The Labute approximate surface area is 142 Å². The third-order valence-corrected chi connectivity index (χ3v) is 4.43. The standard InChI is InChI=1S/C22H20N2/c1-5-11-21-17(7-1)13-15-19(23-21)9-3-4-10-20-16-14-18-8-2-6-12-22(18)24-20/h1-2,5-8,11-16H,3-4,9-10H2. The summed E-state index contributed by atoms with van der Waals surface area (Å²) in [6, 6.07) is 25.2. The van der Waals surface area contributed by atoms with Gasteiger partial charge in [0.1, 0.15) is 0 Å². The van der Waals surface area contributed by atoms with Gasteiger partial charge in [0.25, 0.3) is 0 Å². The van der Waals surface area contributed by atoms with Crippen molar-refractivity contribution in [3.63, 3.8) is 0 Å². The number of fused-ring (bicyclic) bond motifs is 2. The van der Waals surface area contributed by atoms with Crippen molar-refractivity contribution in [2.75, 3.05) is 0 Å². The maximum Gasteiger partial charge on any atom is 0.0705 e. The fourth-order valence-electron chi connectivity index (χ4n) is 3.11. The van der Waals surface area contributed by atoms with E-state index in [4.69, 9.17) is 9.97 Å². The number of benzene rings is 2. The lowest BCUT2D eigenvalue weighted by atomic mass is 10.1. The molecule has 0 unspecified atom stereocenters. The summed E-state index contributed by atoms with van der Waals surface area (Å²) >= 11 is 0. The Morgan fingerprint density at radius 3 is 1.46 bits per heavy atom. The fourth-order valence-corrected chi connectivity index (χ4v) is 3.11. The van der Waals surface area contributed by atoms with E-state index in [1.807, 2.05) is 12.1 Å². The second-order valence-electron chi connectivity index (χ2n) is 6.20. The summed E-state index contributed by atoms with van der Waals surface area (Å²) in [5.41, 5.74) is 4.54. The average molecular weight is 312 g/mol. The molecule has 0 spiro atoms. The monoisotopic (exact) mass is 312 g/mol. The molecule has 4 rings (SSSR count). The van der Waals surface area contributed by atoms with Crippen LogP contribution < -0.4 is 0 Å². The van der Waals surface area contributed by atoms with Crippen LogP contribution in [0.1, 0.15) is 24.2 Å². The first kappa shape index (κ1) is 14.8. The first-order chi connectivity index (χ1) is 11.9. The van der Waals surface area contributed by atoms with E-state index in [0.717, 1.165) is 36.7 Å². The first-order valence-electron chi connectivity index (χ1n) is 8.58. The minimum absolute atomic E-state index is 1.03. The van der Waals surface area contributed by atoms with E-state index < -0.39 is 0 Å². The highest BCUT2D eigenvalue weighted by Crippen LogP contribution is 2.15. The van der Waals surface area contributed by atoms with Gasteiger partial charge in [0, 0.05) is 22.2 Å². The molecule has 0 bridgehead atoms. The van der Waals surface area contributed by atoms with E-state index >= 15 is 0 Å². The normalized spacial score (nSPS) is 11.2. The number of rotatable bonds is 5. The van der Waals surface area contributed by atoms with Crippen LogP contribution in [-0.2, 0) is 12.8 Å². The zero-order chi connectivity index (χ0) is 16.2. The largest absolute Gasteiger partial charge is 0.253 e. The number of nitrogens with zero attached hydrogens (tertiary/aromatic N) is 2. The smallest absolute Gasteiger partial charge is 0.0705 e. The molecule has 0 aliphatic rings. The number of hydrogen-bond acceptors (Lipinski definition) is 2. The molecule has 0 saturated heterocycles. The lowest BCUT2D eigenvalue weighted by Gasteiger charge is -2.05. The van der Waals surface area contributed by atoms with E-state index in [1.54, 1.807) is 0 Å². The number of unbranched alkanes of at least 4 members (excludes halogenated alkanes) is 1. The molecule has 0 fully saturated rings. The van der Waals surface area contributed by atoms with E-state index in [1.165, 1.54) is 22.2 Å². The molecule has 2 heteroatoms. The van der Waals surface area contributed by atoms with Crippen LogP contribution in [0.3, 0.4) is 0 Å². The molecule has 0 aliphatic carbocycles. The van der Waals surface area contributed by atoms with Gasteiger partial charge >= 0.3 is 0 Å². The Bertz CT molecular complexity index is 894. The van der Waals surface area contributed by atoms with E-state index in [-0.39, 0.29) is 0 Å². The highest BCUT2D eigenvalue weighted by Gasteiger charge is 2.01. The first-order valence-corrected chi connectivity index (χ1v) is 8.58. The molecule has 0 radical (unpaired) electrons. The topological polar surface area (TPSA) is 25.8 Å². The molecule has 4 aromatic rings. The molecule has 24 heavy (non-hydrogen) atoms. The van der Waals surface area contributed by atoms with Crippen molar-refractivity contribution >= 4 is 21.8 Å². The predicted octanol–water partition coefficient (Wildman–Crippen LogP) is 5.35. The van der Waals surface area contributed by atoms with Crippen molar-refractivity contribution in [3.8, 4) is 0 Å². The molecule has 0 saturated carbocycles. The Morgan fingerprint density at radius 2 is 0.958 bits per heavy atom. The average Bonchev–Trinajstić information content (AvgIpc) is 2.65. The summed E-state index contributed by atoms with van der Waals surface area (Å²) < 4.78 is 0. The third-order valence-electron chi connectivity index (χ3n) is 4.43. The van der Waals surface area contributed by atoms with E-state index in [9.17, 15) is 0 Å². The molecule has 2 nitrogen and oxygen atoms in total. The van der Waals surface area contributed by atoms with Gasteiger partial charge in [0.05, 0.1) is 11.0 Å². The number of pyridine rings is 2. The van der Waals surface area contributed by atoms with Crippen LogP contribution in [0.25, 0.3) is 21.8 Å². The molecule has 0 amide bonds. The second-order valence-corrected chi connectivity index (χ2v) is 6.20. The van der Waals surface area contributed by atoms with Crippen molar-refractivity contribution in [1.82, 2.24) is 9.97 Å². The van der Waals surface area contributed by atoms with E-state index in [2.05, 4.69) is 60.7 Å². The van der Waals surface area contributed by atoms with Gasteiger partial charge in [-0.25, -0.2) is 0 Å². The van der Waals surface area contributed by atoms with Crippen molar-refractivity contribution in [3.05, 3.63) is 84.2 Å². The van der Waals surface area contributed by atoms with Gasteiger partial charge in [-0.2, -0.15) is 0 Å². The Balaban J connectivity index is 1.36. The van der Waals surface area contributed by atoms with Gasteiger partial charge < -0.3 is 0 Å². The second kappa shape index (κ2) is 6.79. The van der Waals surface area contributed by atoms with Crippen molar-refractivity contribution in [1.29, 1.82) is 0 Å². The van der Waals surface area contributed by atoms with Gasteiger partial charge in [-0.3, -0.25) is 9.97 Å². The number of hydrogen-bond donors (Lipinski definition) is 0. The maximum atomic E-state index is 4.75. The summed E-state index contributed by atoms with van der Waals surface area (Å²) in [5, 5.41) is 2.42. The van der Waals surface area contributed by atoms with Gasteiger partial charge in [0.15, 0.2) is 0 Å². The van der Waals surface area contributed by atoms with Crippen molar-refractivity contribution in [2.45, 2.75) is 25.7 Å². The fraction of sp³-hybridized carbons (Fsp3) is 0.182. The highest BCUT2D eigenvalue weighted by molar-refractivity contribution is 5.79. The molecule has 2 aromatic heterocycles. The maximum absolute atomic E-state index is 4.75. The minimum atomic E-state index is 1.03. The van der Waals surface area contributed by atoms with Gasteiger partial charge in [0.2, 0.25) is 0 Å². The summed E-state index contributed by atoms with van der Waals surface area (Å²) in [7, 11) is 0. The van der Waals surface area contributed by atoms with Crippen LogP contribution in [0.4, 0.5) is 0 Å². The van der Waals surface area contributed by atoms with Gasteiger partial charge in [-0.15, -0.1) is 0 Å². The van der Waals surface area contributed by atoms with Crippen molar-refractivity contribution < 1.29 is 0 Å². The van der Waals surface area contributed by atoms with Crippen LogP contribution in [-0.4, -0.2) is 9.97 Å². The number of para-hydroxylation sites is 2. The summed E-state index contributed by atoms with van der Waals surface area (Å²) in [4.78, 5) is 9.49.